The predicted octanol–water partition coefficient (Wildman–Crippen LogP) is 2.10. The van der Waals surface area contributed by atoms with Crippen LogP contribution in [-0.2, 0) is 16.6 Å². The molecule has 146 valence electrons. The number of aromatic nitrogens is 1. The first-order valence-corrected chi connectivity index (χ1v) is 10.1. The van der Waals surface area contributed by atoms with E-state index in [1.54, 1.807) is 26.0 Å². The Balaban J connectivity index is 1.67. The van der Waals surface area contributed by atoms with E-state index >= 15 is 0 Å². The number of non-ortho nitro benzene ring substituents is 1. The molecule has 0 amide bonds. The highest BCUT2D eigenvalue weighted by Crippen LogP contribution is 2.24. The molecule has 0 spiro atoms. The molecule has 27 heavy (non-hydrogen) atoms. The maximum absolute atomic E-state index is 13.0. The molecule has 1 aromatic heterocycles. The summed E-state index contributed by atoms with van der Waals surface area (Å²) >= 11 is 0. The summed E-state index contributed by atoms with van der Waals surface area (Å²) in [5, 5.41) is 14.5. The van der Waals surface area contributed by atoms with Gasteiger partial charge >= 0.3 is 0 Å². The number of benzene rings is 1. The molecule has 10 heteroatoms. The molecule has 1 saturated heterocycles. The summed E-state index contributed by atoms with van der Waals surface area (Å²) in [6.07, 6.45) is 0.704. The van der Waals surface area contributed by atoms with E-state index in [0.717, 1.165) is 12.1 Å². The molecule has 1 aliphatic rings. The highest BCUT2D eigenvalue weighted by atomic mass is 32.2. The summed E-state index contributed by atoms with van der Waals surface area (Å²) in [4.78, 5) is 12.6. The van der Waals surface area contributed by atoms with E-state index < -0.39 is 14.9 Å². The molecule has 0 aliphatic carbocycles. The number of nitro groups is 1. The molecule has 0 N–H and O–H groups in total. The molecule has 0 bridgehead atoms. The van der Waals surface area contributed by atoms with Crippen molar-refractivity contribution in [1.29, 1.82) is 0 Å². The van der Waals surface area contributed by atoms with Gasteiger partial charge in [-0.3, -0.25) is 15.0 Å². The smallest absolute Gasteiger partial charge is 0.269 e. The molecule has 2 aromatic rings. The largest absolute Gasteiger partial charge is 0.360 e. The van der Waals surface area contributed by atoms with Gasteiger partial charge in [0.25, 0.3) is 5.69 Å². The summed E-state index contributed by atoms with van der Waals surface area (Å²) in [6, 6.07) is 6.45. The van der Waals surface area contributed by atoms with Crippen LogP contribution in [0.3, 0.4) is 0 Å². The van der Waals surface area contributed by atoms with Crippen LogP contribution in [0, 0.1) is 24.0 Å². The van der Waals surface area contributed by atoms with Crippen molar-refractivity contribution < 1.29 is 17.9 Å². The van der Waals surface area contributed by atoms with Crippen molar-refractivity contribution in [3.63, 3.8) is 0 Å². The van der Waals surface area contributed by atoms with Crippen LogP contribution in [0.25, 0.3) is 0 Å². The average molecular weight is 394 g/mol. The third-order valence-corrected chi connectivity index (χ3v) is 6.81. The van der Waals surface area contributed by atoms with Crippen LogP contribution in [0.1, 0.15) is 23.4 Å². The second kappa shape index (κ2) is 7.75. The maximum atomic E-state index is 13.0. The van der Waals surface area contributed by atoms with E-state index in [9.17, 15) is 18.5 Å². The fraction of sp³-hybridized carbons (Fsp3) is 0.471. The third kappa shape index (κ3) is 4.18. The van der Waals surface area contributed by atoms with Crippen molar-refractivity contribution in [2.45, 2.75) is 31.7 Å². The van der Waals surface area contributed by atoms with Crippen molar-refractivity contribution in [3.8, 4) is 0 Å². The Morgan fingerprint density at radius 1 is 1.15 bits per heavy atom. The van der Waals surface area contributed by atoms with E-state index in [2.05, 4.69) is 10.1 Å². The lowest BCUT2D eigenvalue weighted by atomic mass is 10.2. The lowest BCUT2D eigenvalue weighted by Gasteiger charge is -2.21. The van der Waals surface area contributed by atoms with Gasteiger partial charge in [0, 0.05) is 38.3 Å². The standard InChI is InChI=1S/C17H22N4O5S/c1-13-17(14(2)26-18-13)27(24,25)20-9-3-8-19(10-11-20)12-15-4-6-16(7-5-15)21(22)23/h4-7H,3,8-12H2,1-2H3. The summed E-state index contributed by atoms with van der Waals surface area (Å²) in [7, 11) is -3.64. The molecule has 0 unspecified atom stereocenters. The Labute approximate surface area is 157 Å². The number of hydrogen-bond acceptors (Lipinski definition) is 7. The number of nitrogens with zero attached hydrogens (tertiary/aromatic N) is 4. The molecule has 0 saturated carbocycles. The van der Waals surface area contributed by atoms with Gasteiger partial charge in [-0.05, 0) is 32.4 Å². The summed E-state index contributed by atoms with van der Waals surface area (Å²) < 4.78 is 32.4. The Hall–Kier alpha value is -2.30. The van der Waals surface area contributed by atoms with Gasteiger partial charge < -0.3 is 4.52 Å². The Kier molecular flexibility index (Phi) is 5.59. The van der Waals surface area contributed by atoms with E-state index in [-0.39, 0.29) is 10.6 Å². The minimum Gasteiger partial charge on any atom is -0.360 e. The van der Waals surface area contributed by atoms with Gasteiger partial charge in [-0.15, -0.1) is 0 Å². The zero-order chi connectivity index (χ0) is 19.6. The van der Waals surface area contributed by atoms with Crippen molar-refractivity contribution in [3.05, 3.63) is 51.4 Å². The van der Waals surface area contributed by atoms with Crippen LogP contribution < -0.4 is 0 Å². The normalized spacial score (nSPS) is 17.0. The molecule has 1 aromatic carbocycles. The van der Waals surface area contributed by atoms with Gasteiger partial charge in [-0.2, -0.15) is 4.31 Å². The lowest BCUT2D eigenvalue weighted by Crippen LogP contribution is -2.35. The molecule has 3 rings (SSSR count). The lowest BCUT2D eigenvalue weighted by molar-refractivity contribution is -0.384. The van der Waals surface area contributed by atoms with Crippen LogP contribution >= 0.6 is 0 Å². The van der Waals surface area contributed by atoms with Crippen LogP contribution in [0.15, 0.2) is 33.7 Å². The number of hydrogen-bond donors (Lipinski definition) is 0. The fourth-order valence-electron chi connectivity index (χ4n) is 3.30. The molecular weight excluding hydrogens is 372 g/mol. The topological polar surface area (TPSA) is 110 Å². The SMILES string of the molecule is Cc1noc(C)c1S(=O)(=O)N1CCCN(Cc2ccc([N+](=O)[O-])cc2)CC1. The van der Waals surface area contributed by atoms with Gasteiger partial charge in [0.1, 0.15) is 10.6 Å². The molecule has 0 radical (unpaired) electrons. The second-order valence-corrected chi connectivity index (χ2v) is 8.49. The summed E-state index contributed by atoms with van der Waals surface area (Å²) in [5.41, 5.74) is 1.40. The van der Waals surface area contributed by atoms with E-state index in [4.69, 9.17) is 4.52 Å². The van der Waals surface area contributed by atoms with Gasteiger partial charge in [-0.25, -0.2) is 8.42 Å². The van der Waals surface area contributed by atoms with Crippen molar-refractivity contribution in [2.75, 3.05) is 26.2 Å². The van der Waals surface area contributed by atoms with Crippen molar-refractivity contribution in [1.82, 2.24) is 14.4 Å². The highest BCUT2D eigenvalue weighted by Gasteiger charge is 2.32. The molecule has 0 atom stereocenters. The molecule has 9 nitrogen and oxygen atoms in total. The Bertz CT molecular complexity index is 904. The zero-order valence-corrected chi connectivity index (χ0v) is 16.1. The summed E-state index contributed by atoms with van der Waals surface area (Å²) in [5.74, 6) is 0.305. The zero-order valence-electron chi connectivity index (χ0n) is 15.3. The number of sulfonamides is 1. The third-order valence-electron chi connectivity index (χ3n) is 4.67. The van der Waals surface area contributed by atoms with Crippen LogP contribution in [0.4, 0.5) is 5.69 Å². The maximum Gasteiger partial charge on any atom is 0.269 e. The average Bonchev–Trinajstić information content (AvgIpc) is 2.82. The van der Waals surface area contributed by atoms with Gasteiger partial charge in [-0.1, -0.05) is 17.3 Å². The number of aryl methyl sites for hydroxylation is 2. The predicted molar refractivity (Wildman–Crippen MR) is 97.7 cm³/mol. The van der Waals surface area contributed by atoms with Crippen LogP contribution in [0.5, 0.6) is 0 Å². The van der Waals surface area contributed by atoms with Crippen LogP contribution in [-0.4, -0.2) is 53.9 Å². The van der Waals surface area contributed by atoms with Crippen molar-refractivity contribution in [2.24, 2.45) is 0 Å². The fourth-order valence-corrected chi connectivity index (χ4v) is 5.06. The van der Waals surface area contributed by atoms with E-state index in [1.807, 2.05) is 0 Å². The first-order chi connectivity index (χ1) is 12.8. The molecular formula is C17H22N4O5S. The quantitative estimate of drug-likeness (QED) is 0.564. The monoisotopic (exact) mass is 394 g/mol. The minimum absolute atomic E-state index is 0.0614. The van der Waals surface area contributed by atoms with Gasteiger partial charge in [0.15, 0.2) is 5.76 Å². The van der Waals surface area contributed by atoms with E-state index in [0.29, 0.717) is 44.1 Å². The summed E-state index contributed by atoms with van der Waals surface area (Å²) in [6.45, 7) is 6.00. The minimum atomic E-state index is -3.64. The van der Waals surface area contributed by atoms with Gasteiger partial charge in [0.2, 0.25) is 10.0 Å². The van der Waals surface area contributed by atoms with Gasteiger partial charge in [0.05, 0.1) is 4.92 Å². The highest BCUT2D eigenvalue weighted by molar-refractivity contribution is 7.89. The first kappa shape index (κ1) is 19.5. The van der Waals surface area contributed by atoms with E-state index in [1.165, 1.54) is 16.4 Å². The number of nitro benzene ring substituents is 1. The van der Waals surface area contributed by atoms with Crippen LogP contribution in [0.2, 0.25) is 0 Å². The molecule has 1 aliphatic heterocycles. The second-order valence-electron chi connectivity index (χ2n) is 6.61. The molecule has 1 fully saturated rings. The first-order valence-electron chi connectivity index (χ1n) is 8.68. The van der Waals surface area contributed by atoms with Crippen molar-refractivity contribution >= 4 is 15.7 Å². The Morgan fingerprint density at radius 3 is 2.44 bits per heavy atom. The Morgan fingerprint density at radius 2 is 1.85 bits per heavy atom. The number of rotatable bonds is 5. The molecule has 2 heterocycles.